The molecule has 0 aromatic carbocycles. The Hall–Kier alpha value is -0.120. The molecule has 0 saturated carbocycles. The van der Waals surface area contributed by atoms with E-state index in [2.05, 4.69) is 23.6 Å². The topological polar surface area (TPSA) is 32.5 Å². The molecule has 0 aliphatic carbocycles. The van der Waals surface area contributed by atoms with Crippen LogP contribution in [0.2, 0.25) is 0 Å². The monoisotopic (exact) mass is 199 g/mol. The Labute approximate surface area is 88.2 Å². The van der Waals surface area contributed by atoms with Gasteiger partial charge in [0.15, 0.2) is 0 Å². The average molecular weight is 199 g/mol. The van der Waals surface area contributed by atoms with Crippen LogP contribution < -0.4 is 5.73 Å². The molecule has 2 N–H and O–H groups in total. The van der Waals surface area contributed by atoms with Crippen LogP contribution in [0.25, 0.3) is 0 Å². The molecule has 84 valence electrons. The van der Waals surface area contributed by atoms with Gasteiger partial charge in [0.1, 0.15) is 0 Å². The Balaban J connectivity index is 2.15. The first-order valence-electron chi connectivity index (χ1n) is 5.91. The smallest absolute Gasteiger partial charge is 0.0110 e. The molecule has 1 saturated heterocycles. The fraction of sp³-hybridized carbons (Fsp3) is 1.00. The molecule has 0 radical (unpaired) electrons. The van der Waals surface area contributed by atoms with Crippen LogP contribution >= 0.6 is 0 Å². The van der Waals surface area contributed by atoms with Crippen molar-refractivity contribution in [3.63, 3.8) is 0 Å². The number of hydrogen-bond acceptors (Lipinski definition) is 3. The summed E-state index contributed by atoms with van der Waals surface area (Å²) in [5, 5.41) is 0. The van der Waals surface area contributed by atoms with Crippen molar-refractivity contribution in [2.24, 2.45) is 11.7 Å². The van der Waals surface area contributed by atoms with Crippen molar-refractivity contribution < 1.29 is 0 Å². The highest BCUT2D eigenvalue weighted by atomic mass is 15.3. The Morgan fingerprint density at radius 2 is 1.71 bits per heavy atom. The van der Waals surface area contributed by atoms with E-state index in [0.29, 0.717) is 0 Å². The Morgan fingerprint density at radius 1 is 1.14 bits per heavy atom. The van der Waals surface area contributed by atoms with Crippen LogP contribution in [-0.2, 0) is 0 Å². The van der Waals surface area contributed by atoms with Gasteiger partial charge in [0.05, 0.1) is 0 Å². The molecule has 0 aromatic rings. The highest BCUT2D eigenvalue weighted by molar-refractivity contribution is 4.73. The largest absolute Gasteiger partial charge is 0.329 e. The molecule has 0 aromatic heterocycles. The summed E-state index contributed by atoms with van der Waals surface area (Å²) in [6.45, 7) is 12.6. The normalized spacial score (nSPS) is 22.5. The van der Waals surface area contributed by atoms with Gasteiger partial charge in [-0.15, -0.1) is 0 Å². The molecule has 1 atom stereocenters. The number of rotatable bonds is 5. The molecule has 1 unspecified atom stereocenters. The van der Waals surface area contributed by atoms with Gasteiger partial charge in [0.25, 0.3) is 0 Å². The van der Waals surface area contributed by atoms with Crippen molar-refractivity contribution in [1.29, 1.82) is 0 Å². The number of nitrogens with zero attached hydrogens (tertiary/aromatic N) is 2. The zero-order chi connectivity index (χ0) is 10.4. The van der Waals surface area contributed by atoms with Crippen LogP contribution in [0.5, 0.6) is 0 Å². The van der Waals surface area contributed by atoms with Crippen LogP contribution in [-0.4, -0.2) is 55.6 Å². The Morgan fingerprint density at radius 3 is 2.21 bits per heavy atom. The van der Waals surface area contributed by atoms with Crippen molar-refractivity contribution in [3.8, 4) is 0 Å². The van der Waals surface area contributed by atoms with Crippen LogP contribution in [0.3, 0.4) is 0 Å². The van der Waals surface area contributed by atoms with Gasteiger partial charge in [0, 0.05) is 45.8 Å². The number of piperazine rings is 1. The van der Waals surface area contributed by atoms with Crippen LogP contribution in [0.1, 0.15) is 20.3 Å². The first-order chi connectivity index (χ1) is 6.76. The van der Waals surface area contributed by atoms with E-state index in [1.807, 2.05) is 0 Å². The second-order valence-corrected chi connectivity index (χ2v) is 4.44. The predicted octanol–water partition coefficient (Wildman–Crippen LogP) is 0.609. The molecule has 0 spiro atoms. The van der Waals surface area contributed by atoms with E-state index in [0.717, 1.165) is 19.0 Å². The molecule has 14 heavy (non-hydrogen) atoms. The van der Waals surface area contributed by atoms with E-state index in [1.165, 1.54) is 39.1 Å². The Bertz CT molecular complexity index is 141. The van der Waals surface area contributed by atoms with Crippen LogP contribution in [0.4, 0.5) is 0 Å². The molecule has 3 heteroatoms. The molecule has 1 aliphatic heterocycles. The predicted molar refractivity (Wildman–Crippen MR) is 61.4 cm³/mol. The van der Waals surface area contributed by atoms with Gasteiger partial charge in [-0.2, -0.15) is 0 Å². The summed E-state index contributed by atoms with van der Waals surface area (Å²) in [4.78, 5) is 5.05. The molecule has 0 amide bonds. The molecule has 1 rings (SSSR count). The number of hydrogen-bond donors (Lipinski definition) is 1. The summed E-state index contributed by atoms with van der Waals surface area (Å²) in [5.41, 5.74) is 5.54. The quantitative estimate of drug-likeness (QED) is 0.704. The summed E-state index contributed by atoms with van der Waals surface area (Å²) < 4.78 is 0. The van der Waals surface area contributed by atoms with Gasteiger partial charge in [-0.3, -0.25) is 4.90 Å². The maximum absolute atomic E-state index is 5.54. The zero-order valence-electron chi connectivity index (χ0n) is 9.71. The Kier molecular flexibility index (Phi) is 5.45. The maximum atomic E-state index is 5.54. The highest BCUT2D eigenvalue weighted by Gasteiger charge is 2.16. The SMILES string of the molecule is CCC(C)CN1CCN(CCN)CC1. The lowest BCUT2D eigenvalue weighted by Crippen LogP contribution is -2.48. The van der Waals surface area contributed by atoms with E-state index >= 15 is 0 Å². The van der Waals surface area contributed by atoms with Gasteiger partial charge >= 0.3 is 0 Å². The zero-order valence-corrected chi connectivity index (χ0v) is 9.71. The summed E-state index contributed by atoms with van der Waals surface area (Å²) in [6, 6.07) is 0. The van der Waals surface area contributed by atoms with Gasteiger partial charge in [-0.05, 0) is 5.92 Å². The first-order valence-corrected chi connectivity index (χ1v) is 5.91. The minimum Gasteiger partial charge on any atom is -0.329 e. The third kappa shape index (κ3) is 3.95. The van der Waals surface area contributed by atoms with Gasteiger partial charge in [0.2, 0.25) is 0 Å². The average Bonchev–Trinajstić information content (AvgIpc) is 2.21. The third-order valence-electron chi connectivity index (χ3n) is 3.18. The van der Waals surface area contributed by atoms with E-state index in [9.17, 15) is 0 Å². The fourth-order valence-electron chi connectivity index (χ4n) is 1.95. The van der Waals surface area contributed by atoms with Gasteiger partial charge < -0.3 is 10.6 Å². The van der Waals surface area contributed by atoms with Crippen molar-refractivity contribution in [2.45, 2.75) is 20.3 Å². The van der Waals surface area contributed by atoms with Crippen LogP contribution in [0.15, 0.2) is 0 Å². The van der Waals surface area contributed by atoms with Crippen molar-refractivity contribution >= 4 is 0 Å². The van der Waals surface area contributed by atoms with E-state index < -0.39 is 0 Å². The minimum absolute atomic E-state index is 0.797. The second-order valence-electron chi connectivity index (χ2n) is 4.44. The van der Waals surface area contributed by atoms with Gasteiger partial charge in [-0.1, -0.05) is 20.3 Å². The minimum atomic E-state index is 0.797. The summed E-state index contributed by atoms with van der Waals surface area (Å²) >= 11 is 0. The fourth-order valence-corrected chi connectivity index (χ4v) is 1.95. The lowest BCUT2D eigenvalue weighted by molar-refractivity contribution is 0.122. The molecule has 1 heterocycles. The van der Waals surface area contributed by atoms with Gasteiger partial charge in [-0.25, -0.2) is 0 Å². The molecule has 1 aliphatic rings. The molecular formula is C11H25N3. The standard InChI is InChI=1S/C11H25N3/c1-3-11(2)10-14-8-6-13(5-4-12)7-9-14/h11H,3-10,12H2,1-2H3. The van der Waals surface area contributed by atoms with Crippen molar-refractivity contribution in [2.75, 3.05) is 45.8 Å². The molecule has 0 bridgehead atoms. The first kappa shape index (κ1) is 12.0. The van der Waals surface area contributed by atoms with E-state index in [-0.39, 0.29) is 0 Å². The summed E-state index contributed by atoms with van der Waals surface area (Å²) in [6.07, 6.45) is 1.29. The number of nitrogens with two attached hydrogens (primary N) is 1. The molecular weight excluding hydrogens is 174 g/mol. The third-order valence-corrected chi connectivity index (χ3v) is 3.18. The summed E-state index contributed by atoms with van der Waals surface area (Å²) in [5.74, 6) is 0.844. The lowest BCUT2D eigenvalue weighted by atomic mass is 10.1. The lowest BCUT2D eigenvalue weighted by Gasteiger charge is -2.35. The van der Waals surface area contributed by atoms with E-state index in [4.69, 9.17) is 5.73 Å². The second kappa shape index (κ2) is 6.38. The maximum Gasteiger partial charge on any atom is 0.0110 e. The van der Waals surface area contributed by atoms with Crippen molar-refractivity contribution in [1.82, 2.24) is 9.80 Å². The van der Waals surface area contributed by atoms with E-state index in [1.54, 1.807) is 0 Å². The highest BCUT2D eigenvalue weighted by Crippen LogP contribution is 2.07. The summed E-state index contributed by atoms with van der Waals surface area (Å²) in [7, 11) is 0. The molecule has 1 fully saturated rings. The van der Waals surface area contributed by atoms with Crippen LogP contribution in [0, 0.1) is 5.92 Å². The van der Waals surface area contributed by atoms with Crippen molar-refractivity contribution in [3.05, 3.63) is 0 Å². The molecule has 3 nitrogen and oxygen atoms in total.